The van der Waals surface area contributed by atoms with E-state index in [1.165, 1.54) is 21.6 Å². The minimum Gasteiger partial charge on any atom is -0.375 e. The van der Waals surface area contributed by atoms with Crippen molar-refractivity contribution < 1.29 is 18.7 Å². The number of aromatic nitrogens is 2. The minimum atomic E-state index is -0.619. The van der Waals surface area contributed by atoms with E-state index in [0.717, 1.165) is 59.6 Å². The zero-order valence-electron chi connectivity index (χ0n) is 33.8. The van der Waals surface area contributed by atoms with Gasteiger partial charge in [-0.25, -0.2) is 9.13 Å². The van der Waals surface area contributed by atoms with Crippen molar-refractivity contribution in [3.8, 4) is 0 Å². The molecule has 0 saturated carbocycles. The number of amides is 2. The number of nitrogens with zero attached hydrogens (tertiary/aromatic N) is 6. The molecule has 2 heterocycles. The van der Waals surface area contributed by atoms with Crippen molar-refractivity contribution in [3.05, 3.63) is 120 Å². The average molecular weight is 797 g/mol. The Bertz CT molecular complexity index is 1720. The summed E-state index contributed by atoms with van der Waals surface area (Å²) >= 11 is 0. The number of carbonyl (C=O) groups is 2. The van der Waals surface area contributed by atoms with E-state index >= 15 is 0 Å². The van der Waals surface area contributed by atoms with Crippen LogP contribution in [0.15, 0.2) is 97.6 Å². The summed E-state index contributed by atoms with van der Waals surface area (Å²) in [6, 6.07) is 24.0. The zero-order chi connectivity index (χ0) is 40.5. The Balaban J connectivity index is 1.06. The summed E-state index contributed by atoms with van der Waals surface area (Å²) in [6.45, 7) is 2.85. The number of benzene rings is 2. The van der Waals surface area contributed by atoms with E-state index in [0.29, 0.717) is 24.6 Å². The lowest BCUT2D eigenvalue weighted by Gasteiger charge is -2.24. The number of pyridine rings is 2. The highest BCUT2D eigenvalue weighted by Gasteiger charge is 2.21. The molecular formula is C44H60N8O2S2+2. The van der Waals surface area contributed by atoms with Crippen LogP contribution in [-0.4, -0.2) is 99.6 Å². The van der Waals surface area contributed by atoms with Gasteiger partial charge in [-0.2, -0.15) is 0 Å². The Morgan fingerprint density at radius 3 is 1.16 bits per heavy atom. The number of rotatable bonds is 21. The molecule has 12 heteroatoms. The van der Waals surface area contributed by atoms with Crippen LogP contribution in [0.25, 0.3) is 24.3 Å². The van der Waals surface area contributed by atoms with Gasteiger partial charge in [-0.15, -0.1) is 0 Å². The average Bonchev–Trinajstić information content (AvgIpc) is 3.21. The Labute approximate surface area is 342 Å². The van der Waals surface area contributed by atoms with Crippen molar-refractivity contribution in [1.29, 1.82) is 0 Å². The first-order valence-electron chi connectivity index (χ1n) is 19.0. The Morgan fingerprint density at radius 2 is 0.839 bits per heavy atom. The van der Waals surface area contributed by atoms with Crippen LogP contribution < -0.4 is 30.4 Å². The Morgan fingerprint density at radius 1 is 0.536 bits per heavy atom. The molecule has 0 saturated heterocycles. The lowest BCUT2D eigenvalue weighted by Crippen LogP contribution is -2.44. The highest BCUT2D eigenvalue weighted by atomic mass is 33.1. The summed E-state index contributed by atoms with van der Waals surface area (Å²) in [6.07, 6.45) is 18.2. The standard InChI is InChI=1S/C44H60N8O2S2/c1-47-29-21-37(22-30-47)11-9-35-13-17-39(18-14-35)49(3)25-7-27-51(5)43(53)41(45)33-55-56-34-42(46)44(54)52(6)28-8-26-50(4)40-19-15-36(16-20-40)10-12-38-23-31-48(2)32-24-38/h9-24,29-32,41-42H,7-8,25-28,33-34,45-46H2,1-6H3/q+2. The quantitative estimate of drug-likeness (QED) is 0.0692. The lowest BCUT2D eigenvalue weighted by atomic mass is 10.1. The molecule has 2 aromatic carbocycles. The van der Waals surface area contributed by atoms with Crippen LogP contribution in [0.5, 0.6) is 0 Å². The third-order valence-electron chi connectivity index (χ3n) is 9.55. The number of anilines is 2. The predicted molar refractivity (Wildman–Crippen MR) is 238 cm³/mol. The van der Waals surface area contributed by atoms with Gasteiger partial charge >= 0.3 is 0 Å². The van der Waals surface area contributed by atoms with Crippen molar-refractivity contribution in [3.63, 3.8) is 0 Å². The summed E-state index contributed by atoms with van der Waals surface area (Å²) in [5, 5.41) is 0. The SMILES string of the molecule is CN(CCCN(C)c1ccc(/C=C/c2cc[n+](C)cc2)cc1)C(=O)C(N)CSSCC(N)C(=O)N(C)CCCN(C)c1ccc(/C=C/c2cc[n+](C)cc2)cc1. The summed E-state index contributed by atoms with van der Waals surface area (Å²) in [5.41, 5.74) is 19.4. The van der Waals surface area contributed by atoms with Crippen LogP contribution in [0.4, 0.5) is 11.4 Å². The molecule has 0 radical (unpaired) electrons. The van der Waals surface area contributed by atoms with Gasteiger partial charge in [0.2, 0.25) is 11.8 Å². The summed E-state index contributed by atoms with van der Waals surface area (Å²) < 4.78 is 4.03. The van der Waals surface area contributed by atoms with Crippen molar-refractivity contribution in [1.82, 2.24) is 9.80 Å². The van der Waals surface area contributed by atoms with E-state index in [4.69, 9.17) is 11.5 Å². The Hall–Kier alpha value is -4.62. The minimum absolute atomic E-state index is 0.0839. The van der Waals surface area contributed by atoms with E-state index in [1.54, 1.807) is 23.9 Å². The third kappa shape index (κ3) is 14.8. The summed E-state index contributed by atoms with van der Waals surface area (Å²) in [7, 11) is 14.7. The monoisotopic (exact) mass is 796 g/mol. The fraction of sp³-hybridized carbons (Fsp3) is 0.364. The number of hydrogen-bond acceptors (Lipinski definition) is 8. The number of aryl methyl sites for hydroxylation is 2. The van der Waals surface area contributed by atoms with Gasteiger partial charge in [0.1, 0.15) is 14.1 Å². The molecule has 0 aliphatic rings. The van der Waals surface area contributed by atoms with Gasteiger partial charge in [0, 0.05) is 102 Å². The predicted octanol–water partition coefficient (Wildman–Crippen LogP) is 4.98. The summed E-state index contributed by atoms with van der Waals surface area (Å²) in [4.78, 5) is 33.7. The first-order valence-corrected chi connectivity index (χ1v) is 21.5. The molecule has 4 rings (SSSR count). The second-order valence-corrected chi connectivity index (χ2v) is 16.8. The molecule has 2 aromatic heterocycles. The van der Waals surface area contributed by atoms with Crippen LogP contribution in [0.3, 0.4) is 0 Å². The van der Waals surface area contributed by atoms with E-state index in [1.807, 2.05) is 48.0 Å². The van der Waals surface area contributed by atoms with Gasteiger partial charge in [-0.05, 0) is 59.4 Å². The Kier molecular flexibility index (Phi) is 18.0. The maximum atomic E-state index is 12.9. The number of likely N-dealkylation sites (N-methyl/N-ethyl adjacent to an activating group) is 2. The highest BCUT2D eigenvalue weighted by Crippen LogP contribution is 2.23. The van der Waals surface area contributed by atoms with E-state index < -0.39 is 12.1 Å². The number of nitrogens with two attached hydrogens (primary N) is 2. The van der Waals surface area contributed by atoms with E-state index in [2.05, 4.69) is 121 Å². The van der Waals surface area contributed by atoms with Crippen molar-refractivity contribution in [2.75, 3.05) is 75.7 Å². The van der Waals surface area contributed by atoms with E-state index in [-0.39, 0.29) is 11.8 Å². The molecule has 4 N–H and O–H groups in total. The second kappa shape index (κ2) is 22.8. The maximum Gasteiger partial charge on any atom is 0.240 e. The largest absolute Gasteiger partial charge is 0.375 e. The molecule has 0 aliphatic carbocycles. The number of carbonyl (C=O) groups excluding carboxylic acids is 2. The van der Waals surface area contributed by atoms with Crippen molar-refractivity contribution in [2.45, 2.75) is 24.9 Å². The van der Waals surface area contributed by atoms with E-state index in [9.17, 15) is 9.59 Å². The normalized spacial score (nSPS) is 12.5. The molecule has 2 unspecified atom stereocenters. The molecule has 0 aliphatic heterocycles. The topological polar surface area (TPSA) is 107 Å². The molecule has 4 aromatic rings. The highest BCUT2D eigenvalue weighted by molar-refractivity contribution is 8.76. The third-order valence-corrected chi connectivity index (χ3v) is 12.0. The molecule has 2 atom stereocenters. The molecule has 0 bridgehead atoms. The van der Waals surface area contributed by atoms with Crippen LogP contribution in [0.1, 0.15) is 35.1 Å². The first kappa shape index (κ1) is 44.1. The van der Waals surface area contributed by atoms with Crippen molar-refractivity contribution in [2.24, 2.45) is 25.6 Å². The van der Waals surface area contributed by atoms with Crippen LogP contribution in [0.2, 0.25) is 0 Å². The van der Waals surface area contributed by atoms with Crippen LogP contribution in [-0.2, 0) is 23.7 Å². The second-order valence-electron chi connectivity index (χ2n) is 14.3. The molecule has 56 heavy (non-hydrogen) atoms. The molecule has 0 fully saturated rings. The van der Waals surface area contributed by atoms with Crippen LogP contribution >= 0.6 is 21.6 Å². The zero-order valence-corrected chi connectivity index (χ0v) is 35.5. The maximum absolute atomic E-state index is 12.9. The van der Waals surface area contributed by atoms with Gasteiger partial charge in [0.15, 0.2) is 24.8 Å². The fourth-order valence-corrected chi connectivity index (χ4v) is 8.06. The van der Waals surface area contributed by atoms with Crippen LogP contribution in [0, 0.1) is 0 Å². The smallest absolute Gasteiger partial charge is 0.240 e. The fourth-order valence-electron chi connectivity index (χ4n) is 5.83. The van der Waals surface area contributed by atoms with Gasteiger partial charge in [0.05, 0.1) is 12.1 Å². The number of hydrogen-bond donors (Lipinski definition) is 2. The molecular weight excluding hydrogens is 737 g/mol. The first-order chi connectivity index (χ1) is 26.9. The lowest BCUT2D eigenvalue weighted by molar-refractivity contribution is -0.671. The van der Waals surface area contributed by atoms with Gasteiger partial charge in [-0.3, -0.25) is 9.59 Å². The molecule has 2 amide bonds. The van der Waals surface area contributed by atoms with Gasteiger partial charge in [0.25, 0.3) is 0 Å². The molecule has 298 valence electrons. The molecule has 0 spiro atoms. The summed E-state index contributed by atoms with van der Waals surface area (Å²) in [5.74, 6) is 0.728. The van der Waals surface area contributed by atoms with Gasteiger partial charge < -0.3 is 31.1 Å². The van der Waals surface area contributed by atoms with Gasteiger partial charge in [-0.1, -0.05) is 70.2 Å². The van der Waals surface area contributed by atoms with Crippen molar-refractivity contribution >= 4 is 69.1 Å². The molecule has 10 nitrogen and oxygen atoms in total.